The predicted molar refractivity (Wildman–Crippen MR) is 97.0 cm³/mol. The van der Waals surface area contributed by atoms with Crippen molar-refractivity contribution in [1.29, 1.82) is 0 Å². The fourth-order valence-corrected chi connectivity index (χ4v) is 2.49. The van der Waals surface area contributed by atoms with Gasteiger partial charge in [0.1, 0.15) is 5.75 Å². The summed E-state index contributed by atoms with van der Waals surface area (Å²) in [6, 6.07) is 14.0. The summed E-state index contributed by atoms with van der Waals surface area (Å²) >= 11 is 0. The van der Waals surface area contributed by atoms with E-state index in [2.05, 4.69) is 15.6 Å². The second kappa shape index (κ2) is 7.18. The Labute approximate surface area is 150 Å². The molecule has 1 aromatic heterocycles. The lowest BCUT2D eigenvalue weighted by Gasteiger charge is -2.06. The zero-order valence-electron chi connectivity index (χ0n) is 14.7. The topological polar surface area (TPSA) is 86.1 Å². The molecule has 0 aliphatic carbocycles. The van der Waals surface area contributed by atoms with E-state index in [1.165, 1.54) is 6.92 Å². The minimum atomic E-state index is -0.363. The van der Waals surface area contributed by atoms with Crippen molar-refractivity contribution in [3.8, 4) is 11.4 Å². The van der Waals surface area contributed by atoms with Gasteiger partial charge in [-0.05, 0) is 62.4 Å². The van der Waals surface area contributed by atoms with Crippen LogP contribution >= 0.6 is 0 Å². The molecule has 0 saturated heterocycles. The van der Waals surface area contributed by atoms with Crippen molar-refractivity contribution in [2.75, 3.05) is 12.4 Å². The highest BCUT2D eigenvalue weighted by molar-refractivity contribution is 6.04. The first kappa shape index (κ1) is 17.3. The molecule has 26 heavy (non-hydrogen) atoms. The van der Waals surface area contributed by atoms with Crippen molar-refractivity contribution in [3.05, 3.63) is 65.5 Å². The van der Waals surface area contributed by atoms with Gasteiger partial charge in [-0.15, -0.1) is 5.10 Å². The van der Waals surface area contributed by atoms with Crippen molar-refractivity contribution in [2.24, 2.45) is 0 Å². The quantitative estimate of drug-likeness (QED) is 0.715. The van der Waals surface area contributed by atoms with E-state index in [9.17, 15) is 9.59 Å². The van der Waals surface area contributed by atoms with E-state index in [1.807, 2.05) is 24.3 Å². The summed E-state index contributed by atoms with van der Waals surface area (Å²) in [4.78, 5) is 23.8. The minimum Gasteiger partial charge on any atom is -0.497 e. The molecule has 0 atom stereocenters. The maximum Gasteiger partial charge on any atom is 0.278 e. The van der Waals surface area contributed by atoms with Crippen molar-refractivity contribution in [2.45, 2.75) is 13.8 Å². The molecular weight excluding hydrogens is 332 g/mol. The number of amides is 1. The fraction of sp³-hybridized carbons (Fsp3) is 0.158. The first-order valence-electron chi connectivity index (χ1n) is 7.98. The van der Waals surface area contributed by atoms with E-state index >= 15 is 0 Å². The van der Waals surface area contributed by atoms with Gasteiger partial charge in [-0.2, -0.15) is 0 Å². The Morgan fingerprint density at radius 3 is 2.27 bits per heavy atom. The molecule has 7 heteroatoms. The van der Waals surface area contributed by atoms with Gasteiger partial charge < -0.3 is 10.1 Å². The lowest BCUT2D eigenvalue weighted by molar-refractivity contribution is 0.101. The van der Waals surface area contributed by atoms with Crippen LogP contribution in [-0.2, 0) is 0 Å². The second-order valence-corrected chi connectivity index (χ2v) is 5.72. The van der Waals surface area contributed by atoms with Gasteiger partial charge in [0.2, 0.25) is 0 Å². The normalized spacial score (nSPS) is 10.4. The lowest BCUT2D eigenvalue weighted by atomic mass is 10.1. The summed E-state index contributed by atoms with van der Waals surface area (Å²) in [6.45, 7) is 3.27. The number of carbonyl (C=O) groups excluding carboxylic acids is 2. The molecule has 1 N–H and O–H groups in total. The molecule has 132 valence electrons. The van der Waals surface area contributed by atoms with Crippen LogP contribution in [0.3, 0.4) is 0 Å². The van der Waals surface area contributed by atoms with Gasteiger partial charge in [0.15, 0.2) is 11.5 Å². The molecule has 1 amide bonds. The molecular formula is C19H18N4O3. The van der Waals surface area contributed by atoms with Gasteiger partial charge in [0.25, 0.3) is 5.91 Å². The molecule has 0 aliphatic heterocycles. The molecule has 0 aliphatic rings. The highest BCUT2D eigenvalue weighted by atomic mass is 16.5. The lowest BCUT2D eigenvalue weighted by Crippen LogP contribution is -2.14. The average molecular weight is 350 g/mol. The number of hydrogen-bond donors (Lipinski definition) is 1. The summed E-state index contributed by atoms with van der Waals surface area (Å²) in [5.41, 5.74) is 2.80. The van der Waals surface area contributed by atoms with Crippen LogP contribution in [-0.4, -0.2) is 33.8 Å². The molecule has 3 aromatic rings. The number of benzene rings is 2. The van der Waals surface area contributed by atoms with E-state index in [-0.39, 0.29) is 17.4 Å². The van der Waals surface area contributed by atoms with Crippen molar-refractivity contribution in [3.63, 3.8) is 0 Å². The summed E-state index contributed by atoms with van der Waals surface area (Å²) in [7, 11) is 1.60. The summed E-state index contributed by atoms with van der Waals surface area (Å²) in [5.74, 6) is 0.345. The Morgan fingerprint density at radius 1 is 1.04 bits per heavy atom. The molecule has 0 radical (unpaired) electrons. The number of aromatic nitrogens is 3. The number of hydrogen-bond acceptors (Lipinski definition) is 5. The Balaban J connectivity index is 1.79. The highest BCUT2D eigenvalue weighted by Crippen LogP contribution is 2.18. The van der Waals surface area contributed by atoms with E-state index in [0.29, 0.717) is 16.9 Å². The molecule has 1 heterocycles. The predicted octanol–water partition coefficient (Wildman–Crippen LogP) is 3.04. The monoisotopic (exact) mass is 350 g/mol. The SMILES string of the molecule is COc1ccc(-n2nnc(C(=O)Nc3ccc(C(C)=O)cc3)c2C)cc1. The van der Waals surface area contributed by atoms with Crippen molar-refractivity contribution >= 4 is 17.4 Å². The van der Waals surface area contributed by atoms with Crippen molar-refractivity contribution in [1.82, 2.24) is 15.0 Å². The Morgan fingerprint density at radius 2 is 1.69 bits per heavy atom. The van der Waals surface area contributed by atoms with Crippen LogP contribution in [0.15, 0.2) is 48.5 Å². The largest absolute Gasteiger partial charge is 0.497 e. The third-order valence-electron chi connectivity index (χ3n) is 3.98. The van der Waals surface area contributed by atoms with Crippen LogP contribution in [0.2, 0.25) is 0 Å². The third kappa shape index (κ3) is 3.46. The first-order chi connectivity index (χ1) is 12.5. The standard InChI is InChI=1S/C19H18N4O3/c1-12-18(19(25)20-15-6-4-14(5-7-15)13(2)24)21-22-23(12)16-8-10-17(26-3)11-9-16/h4-11H,1-3H3,(H,20,25). The number of methoxy groups -OCH3 is 1. The van der Waals surface area contributed by atoms with Gasteiger partial charge in [0, 0.05) is 11.3 Å². The van der Waals surface area contributed by atoms with Crippen LogP contribution in [0.25, 0.3) is 5.69 Å². The van der Waals surface area contributed by atoms with E-state index in [4.69, 9.17) is 4.74 Å². The molecule has 0 fully saturated rings. The average Bonchev–Trinajstić information content (AvgIpc) is 3.04. The number of ether oxygens (including phenoxy) is 1. The molecule has 0 saturated carbocycles. The van der Waals surface area contributed by atoms with E-state index in [0.717, 1.165) is 11.4 Å². The fourth-order valence-electron chi connectivity index (χ4n) is 2.49. The molecule has 0 bridgehead atoms. The summed E-state index contributed by atoms with van der Waals surface area (Å²) in [5, 5.41) is 10.8. The number of rotatable bonds is 5. The van der Waals surface area contributed by atoms with Gasteiger partial charge in [-0.3, -0.25) is 9.59 Å². The van der Waals surface area contributed by atoms with Crippen LogP contribution in [0.5, 0.6) is 5.75 Å². The third-order valence-corrected chi connectivity index (χ3v) is 3.98. The molecule has 0 spiro atoms. The maximum atomic E-state index is 12.5. The Kier molecular flexibility index (Phi) is 4.79. The Bertz CT molecular complexity index is 944. The van der Waals surface area contributed by atoms with Gasteiger partial charge in [0.05, 0.1) is 18.5 Å². The van der Waals surface area contributed by atoms with Crippen LogP contribution in [0, 0.1) is 6.92 Å². The van der Waals surface area contributed by atoms with Gasteiger partial charge in [-0.1, -0.05) is 5.21 Å². The first-order valence-corrected chi connectivity index (χ1v) is 7.98. The summed E-state index contributed by atoms with van der Waals surface area (Å²) < 4.78 is 6.73. The van der Waals surface area contributed by atoms with Crippen LogP contribution < -0.4 is 10.1 Å². The number of nitrogens with one attached hydrogen (secondary N) is 1. The summed E-state index contributed by atoms with van der Waals surface area (Å²) in [6.07, 6.45) is 0. The highest BCUT2D eigenvalue weighted by Gasteiger charge is 2.17. The molecule has 7 nitrogen and oxygen atoms in total. The van der Waals surface area contributed by atoms with E-state index < -0.39 is 0 Å². The minimum absolute atomic E-state index is 0.0267. The van der Waals surface area contributed by atoms with Gasteiger partial charge >= 0.3 is 0 Å². The number of Topliss-reactive ketones (excluding diaryl/α,β-unsaturated/α-hetero) is 1. The smallest absolute Gasteiger partial charge is 0.278 e. The van der Waals surface area contributed by atoms with Crippen LogP contribution in [0.4, 0.5) is 5.69 Å². The molecule has 3 rings (SSSR count). The number of carbonyl (C=O) groups is 2. The molecule has 2 aromatic carbocycles. The number of anilines is 1. The van der Waals surface area contributed by atoms with Crippen LogP contribution in [0.1, 0.15) is 33.5 Å². The number of ketones is 1. The van der Waals surface area contributed by atoms with Crippen molar-refractivity contribution < 1.29 is 14.3 Å². The second-order valence-electron chi connectivity index (χ2n) is 5.72. The zero-order chi connectivity index (χ0) is 18.7. The zero-order valence-corrected chi connectivity index (χ0v) is 14.7. The maximum absolute atomic E-state index is 12.5. The van der Waals surface area contributed by atoms with E-state index in [1.54, 1.807) is 43.0 Å². The molecule has 0 unspecified atom stereocenters. The number of nitrogens with zero attached hydrogens (tertiary/aromatic N) is 3. The van der Waals surface area contributed by atoms with Gasteiger partial charge in [-0.25, -0.2) is 4.68 Å². The Hall–Kier alpha value is -3.48.